The number of ether oxygens (including phenoxy) is 1. The fourth-order valence-corrected chi connectivity index (χ4v) is 1.87. The molecule has 0 spiro atoms. The fraction of sp³-hybridized carbons (Fsp3) is 0.0769. The molecule has 0 saturated heterocycles. The number of aromatic nitrogens is 4. The molecule has 92 valence electrons. The number of methoxy groups -OCH3 is 1. The minimum absolute atomic E-state index is 0.487. The Kier molecular flexibility index (Phi) is 2.58. The van der Waals surface area contributed by atoms with Crippen molar-refractivity contribution >= 4 is 5.65 Å². The molecule has 0 radical (unpaired) electrons. The Hall–Kier alpha value is -2.94. The highest BCUT2D eigenvalue weighted by atomic mass is 16.5. The number of rotatable bonds is 2. The summed E-state index contributed by atoms with van der Waals surface area (Å²) in [5, 5.41) is 17.1. The number of nitriles is 1. The van der Waals surface area contributed by atoms with E-state index in [2.05, 4.69) is 21.3 Å². The van der Waals surface area contributed by atoms with Gasteiger partial charge in [0.15, 0.2) is 11.5 Å². The lowest BCUT2D eigenvalue weighted by atomic mass is 10.2. The van der Waals surface area contributed by atoms with Crippen molar-refractivity contribution in [2.75, 3.05) is 7.11 Å². The van der Waals surface area contributed by atoms with Crippen LogP contribution in [0.2, 0.25) is 0 Å². The van der Waals surface area contributed by atoms with Gasteiger partial charge in [-0.1, -0.05) is 0 Å². The smallest absolute Gasteiger partial charge is 0.224 e. The van der Waals surface area contributed by atoms with Crippen molar-refractivity contribution in [3.63, 3.8) is 0 Å². The lowest BCUT2D eigenvalue weighted by Gasteiger charge is -2.04. The van der Waals surface area contributed by atoms with E-state index < -0.39 is 0 Å². The molecule has 0 aliphatic heterocycles. The molecule has 0 N–H and O–H groups in total. The number of pyridine rings is 2. The second kappa shape index (κ2) is 4.38. The number of hydrogen-bond acceptors (Lipinski definition) is 5. The van der Waals surface area contributed by atoms with Gasteiger partial charge in [-0.05, 0) is 18.2 Å². The Morgan fingerprint density at radius 3 is 3.00 bits per heavy atom. The van der Waals surface area contributed by atoms with Crippen LogP contribution in [0, 0.1) is 11.3 Å². The van der Waals surface area contributed by atoms with Crippen LogP contribution < -0.4 is 4.74 Å². The van der Waals surface area contributed by atoms with Crippen molar-refractivity contribution in [1.82, 2.24) is 19.6 Å². The third-order valence-electron chi connectivity index (χ3n) is 2.74. The monoisotopic (exact) mass is 251 g/mol. The third kappa shape index (κ3) is 1.77. The first kappa shape index (κ1) is 11.2. The van der Waals surface area contributed by atoms with Gasteiger partial charge in [0, 0.05) is 18.5 Å². The Labute approximate surface area is 108 Å². The van der Waals surface area contributed by atoms with Crippen LogP contribution in [0.15, 0.2) is 36.7 Å². The van der Waals surface area contributed by atoms with E-state index in [9.17, 15) is 0 Å². The maximum absolute atomic E-state index is 8.87. The summed E-state index contributed by atoms with van der Waals surface area (Å²) >= 11 is 0. The molecular formula is C13H9N5O. The van der Waals surface area contributed by atoms with Gasteiger partial charge in [0.25, 0.3) is 0 Å². The van der Waals surface area contributed by atoms with E-state index in [-0.39, 0.29) is 0 Å². The second-order valence-electron chi connectivity index (χ2n) is 3.84. The van der Waals surface area contributed by atoms with Gasteiger partial charge in [-0.2, -0.15) is 5.26 Å². The first-order valence-corrected chi connectivity index (χ1v) is 5.58. The van der Waals surface area contributed by atoms with Gasteiger partial charge in [0.2, 0.25) is 5.88 Å². The largest absolute Gasteiger partial charge is 0.480 e. The molecule has 0 bridgehead atoms. The van der Waals surface area contributed by atoms with Gasteiger partial charge < -0.3 is 4.74 Å². The van der Waals surface area contributed by atoms with E-state index >= 15 is 0 Å². The maximum Gasteiger partial charge on any atom is 0.224 e. The van der Waals surface area contributed by atoms with Crippen molar-refractivity contribution < 1.29 is 4.74 Å². The van der Waals surface area contributed by atoms with Gasteiger partial charge in [-0.15, -0.1) is 10.2 Å². The summed E-state index contributed by atoms with van der Waals surface area (Å²) in [7, 11) is 1.56. The molecule has 6 nitrogen and oxygen atoms in total. The average Bonchev–Trinajstić information content (AvgIpc) is 2.89. The Morgan fingerprint density at radius 2 is 2.21 bits per heavy atom. The van der Waals surface area contributed by atoms with Gasteiger partial charge in [0.1, 0.15) is 0 Å². The lowest BCUT2D eigenvalue weighted by molar-refractivity contribution is 0.399. The lowest BCUT2D eigenvalue weighted by Crippen LogP contribution is -1.95. The highest BCUT2D eigenvalue weighted by Crippen LogP contribution is 2.26. The van der Waals surface area contributed by atoms with Crippen LogP contribution in [0.3, 0.4) is 0 Å². The minimum atomic E-state index is 0.487. The fourth-order valence-electron chi connectivity index (χ4n) is 1.87. The molecule has 0 amide bonds. The molecule has 0 aliphatic rings. The average molecular weight is 251 g/mol. The quantitative estimate of drug-likeness (QED) is 0.692. The van der Waals surface area contributed by atoms with Crippen molar-refractivity contribution in [3.05, 3.63) is 42.2 Å². The summed E-state index contributed by atoms with van der Waals surface area (Å²) in [6, 6.07) is 9.13. The number of hydrogen-bond donors (Lipinski definition) is 0. The van der Waals surface area contributed by atoms with Crippen molar-refractivity contribution in [3.8, 4) is 23.3 Å². The SMILES string of the molecule is COc1ncccc1-c1nnc2cc(C#N)ccn12. The minimum Gasteiger partial charge on any atom is -0.480 e. The standard InChI is InChI=1S/C13H9N5O/c1-19-13-10(3-2-5-15-13)12-17-16-11-7-9(8-14)4-6-18(11)12/h2-7H,1H3. The summed E-state index contributed by atoms with van der Waals surface area (Å²) in [6.45, 7) is 0. The van der Waals surface area contributed by atoms with Crippen LogP contribution in [0.5, 0.6) is 5.88 Å². The summed E-state index contributed by atoms with van der Waals surface area (Å²) in [4.78, 5) is 4.14. The van der Waals surface area contributed by atoms with E-state index in [1.54, 1.807) is 36.0 Å². The normalized spacial score (nSPS) is 10.3. The van der Waals surface area contributed by atoms with Crippen molar-refractivity contribution in [1.29, 1.82) is 5.26 Å². The Bertz CT molecular complexity index is 787. The molecule has 0 fully saturated rings. The van der Waals surface area contributed by atoms with E-state index in [1.165, 1.54) is 0 Å². The Balaban J connectivity index is 2.24. The van der Waals surface area contributed by atoms with E-state index in [0.717, 1.165) is 5.56 Å². The second-order valence-corrected chi connectivity index (χ2v) is 3.84. The van der Waals surface area contributed by atoms with Crippen molar-refractivity contribution in [2.45, 2.75) is 0 Å². The summed E-state index contributed by atoms with van der Waals surface area (Å²) in [6.07, 6.45) is 3.41. The summed E-state index contributed by atoms with van der Waals surface area (Å²) < 4.78 is 7.01. The molecule has 3 heterocycles. The summed E-state index contributed by atoms with van der Waals surface area (Å²) in [5.74, 6) is 1.12. The topological polar surface area (TPSA) is 76.1 Å². The number of nitrogens with zero attached hydrogens (tertiary/aromatic N) is 5. The molecule has 0 aromatic carbocycles. The molecular weight excluding hydrogens is 242 g/mol. The zero-order chi connectivity index (χ0) is 13.2. The van der Waals surface area contributed by atoms with Crippen molar-refractivity contribution in [2.24, 2.45) is 0 Å². The molecule has 3 aromatic heterocycles. The molecule has 0 aliphatic carbocycles. The number of fused-ring (bicyclic) bond motifs is 1. The predicted octanol–water partition coefficient (Wildman–Crippen LogP) is 1.67. The molecule has 19 heavy (non-hydrogen) atoms. The van der Waals surface area contributed by atoms with Gasteiger partial charge in [-0.3, -0.25) is 4.40 Å². The Morgan fingerprint density at radius 1 is 1.32 bits per heavy atom. The highest BCUT2D eigenvalue weighted by molar-refractivity contribution is 5.65. The third-order valence-corrected chi connectivity index (χ3v) is 2.74. The van der Waals surface area contributed by atoms with E-state index in [4.69, 9.17) is 10.00 Å². The maximum atomic E-state index is 8.87. The van der Waals surface area contributed by atoms with Crippen LogP contribution in [0.1, 0.15) is 5.56 Å². The highest BCUT2D eigenvalue weighted by Gasteiger charge is 2.13. The van der Waals surface area contributed by atoms with Crippen LogP contribution in [0.25, 0.3) is 17.0 Å². The van der Waals surface area contributed by atoms with Crippen LogP contribution >= 0.6 is 0 Å². The zero-order valence-electron chi connectivity index (χ0n) is 10.1. The predicted molar refractivity (Wildman–Crippen MR) is 67.5 cm³/mol. The molecule has 0 atom stereocenters. The van der Waals surface area contributed by atoms with Crippen LogP contribution in [0.4, 0.5) is 0 Å². The first-order chi connectivity index (χ1) is 9.33. The summed E-state index contributed by atoms with van der Waals surface area (Å²) in [5.41, 5.74) is 1.91. The van der Waals surface area contributed by atoms with Gasteiger partial charge in [0.05, 0.1) is 24.3 Å². The van der Waals surface area contributed by atoms with E-state index in [0.29, 0.717) is 22.9 Å². The van der Waals surface area contributed by atoms with Gasteiger partial charge in [-0.25, -0.2) is 4.98 Å². The first-order valence-electron chi connectivity index (χ1n) is 5.58. The van der Waals surface area contributed by atoms with Crippen LogP contribution in [-0.2, 0) is 0 Å². The molecule has 6 heteroatoms. The molecule has 0 unspecified atom stereocenters. The van der Waals surface area contributed by atoms with E-state index in [1.807, 2.05) is 12.1 Å². The molecule has 3 aromatic rings. The zero-order valence-corrected chi connectivity index (χ0v) is 10.1. The molecule has 3 rings (SSSR count). The van der Waals surface area contributed by atoms with Gasteiger partial charge >= 0.3 is 0 Å². The molecule has 0 saturated carbocycles. The van der Waals surface area contributed by atoms with Crippen LogP contribution in [-0.4, -0.2) is 26.7 Å².